The Morgan fingerprint density at radius 1 is 1.05 bits per heavy atom. The van der Waals surface area contributed by atoms with E-state index < -0.39 is 17.9 Å². The van der Waals surface area contributed by atoms with E-state index >= 15 is 0 Å². The largest absolute Gasteiger partial charge is 0.443 e. The molecule has 2 aromatic carbocycles. The van der Waals surface area contributed by atoms with Gasteiger partial charge in [0.2, 0.25) is 0 Å². The fourth-order valence-electron chi connectivity index (χ4n) is 4.90. The molecule has 1 heterocycles. The predicted molar refractivity (Wildman–Crippen MR) is 134 cm³/mol. The SMILES string of the molecule is CC(C)C(F)(F)c1ccc(C(=O)N(C2CC2)C2CCc3nn(C(=O)OCc4ccccc4)cc3C2)cc1. The van der Waals surface area contributed by atoms with Gasteiger partial charge in [-0.25, -0.2) is 13.6 Å². The number of ether oxygens (including phenoxy) is 1. The minimum absolute atomic E-state index is 0.0396. The van der Waals surface area contributed by atoms with Crippen molar-refractivity contribution in [2.45, 2.75) is 70.6 Å². The van der Waals surface area contributed by atoms with Crippen molar-refractivity contribution in [2.75, 3.05) is 0 Å². The molecule has 0 saturated heterocycles. The Bertz CT molecular complexity index is 1270. The van der Waals surface area contributed by atoms with Crippen molar-refractivity contribution in [3.63, 3.8) is 0 Å². The second-order valence-electron chi connectivity index (χ2n) is 10.3. The number of carbonyl (C=O) groups is 2. The summed E-state index contributed by atoms with van der Waals surface area (Å²) in [5, 5.41) is 4.43. The number of aryl methyl sites for hydroxylation is 1. The summed E-state index contributed by atoms with van der Waals surface area (Å²) in [6, 6.07) is 15.3. The molecule has 37 heavy (non-hydrogen) atoms. The normalized spacial score (nSPS) is 17.4. The number of hydrogen-bond acceptors (Lipinski definition) is 4. The van der Waals surface area contributed by atoms with Crippen LogP contribution in [0.5, 0.6) is 0 Å². The molecule has 194 valence electrons. The first kappa shape index (κ1) is 25.1. The summed E-state index contributed by atoms with van der Waals surface area (Å²) in [5.74, 6) is -3.91. The highest BCUT2D eigenvalue weighted by Crippen LogP contribution is 2.37. The molecule has 3 aromatic rings. The number of carbonyl (C=O) groups excluding carboxylic acids is 2. The number of fused-ring (bicyclic) bond motifs is 1. The summed E-state index contributed by atoms with van der Waals surface area (Å²) >= 11 is 0. The number of alkyl halides is 2. The van der Waals surface area contributed by atoms with Gasteiger partial charge in [0.05, 0.1) is 5.69 Å². The molecule has 0 N–H and O–H groups in total. The summed E-state index contributed by atoms with van der Waals surface area (Å²) < 4.78 is 35.4. The van der Waals surface area contributed by atoms with Gasteiger partial charge in [-0.1, -0.05) is 56.3 Å². The third kappa shape index (κ3) is 5.29. The Morgan fingerprint density at radius 2 is 1.76 bits per heavy atom. The van der Waals surface area contributed by atoms with Crippen molar-refractivity contribution >= 4 is 12.0 Å². The van der Waals surface area contributed by atoms with E-state index in [0.717, 1.165) is 36.1 Å². The molecule has 1 amide bonds. The second kappa shape index (κ2) is 10.1. The molecule has 2 aliphatic rings. The van der Waals surface area contributed by atoms with E-state index in [1.807, 2.05) is 35.2 Å². The number of aromatic nitrogens is 2. The molecule has 5 rings (SSSR count). The first-order valence-corrected chi connectivity index (χ1v) is 12.8. The molecule has 1 aromatic heterocycles. The molecule has 1 fully saturated rings. The van der Waals surface area contributed by atoms with Crippen molar-refractivity contribution < 1.29 is 23.1 Å². The maximum absolute atomic E-state index is 14.4. The van der Waals surface area contributed by atoms with Crippen molar-refractivity contribution in [3.05, 3.63) is 88.7 Å². The monoisotopic (exact) mass is 507 g/mol. The Hall–Kier alpha value is -3.55. The van der Waals surface area contributed by atoms with Crippen LogP contribution in [0.1, 0.15) is 65.9 Å². The van der Waals surface area contributed by atoms with Crippen LogP contribution in [-0.2, 0) is 30.1 Å². The average molecular weight is 508 g/mol. The van der Waals surface area contributed by atoms with Gasteiger partial charge < -0.3 is 9.64 Å². The van der Waals surface area contributed by atoms with Crippen LogP contribution in [0.3, 0.4) is 0 Å². The number of hydrogen-bond donors (Lipinski definition) is 0. The molecule has 0 radical (unpaired) electrons. The van der Waals surface area contributed by atoms with Crippen molar-refractivity contribution in [1.82, 2.24) is 14.7 Å². The van der Waals surface area contributed by atoms with Gasteiger partial charge in [-0.05, 0) is 55.4 Å². The summed E-state index contributed by atoms with van der Waals surface area (Å²) in [6.07, 6.45) is 5.00. The number of nitrogens with zero attached hydrogens (tertiary/aromatic N) is 3. The van der Waals surface area contributed by atoms with Gasteiger partial charge in [0, 0.05) is 35.3 Å². The first-order valence-electron chi connectivity index (χ1n) is 12.8. The number of benzene rings is 2. The quantitative estimate of drug-likeness (QED) is 0.395. The molecule has 1 atom stereocenters. The third-order valence-corrected chi connectivity index (χ3v) is 7.25. The highest BCUT2D eigenvalue weighted by molar-refractivity contribution is 5.95. The molecule has 1 unspecified atom stereocenters. The number of amides is 1. The van der Waals surface area contributed by atoms with E-state index in [1.165, 1.54) is 42.8 Å². The molecule has 8 heteroatoms. The highest BCUT2D eigenvalue weighted by Gasteiger charge is 2.40. The lowest BCUT2D eigenvalue weighted by molar-refractivity contribution is -0.0514. The van der Waals surface area contributed by atoms with E-state index in [0.29, 0.717) is 18.4 Å². The Kier molecular flexibility index (Phi) is 6.84. The van der Waals surface area contributed by atoms with E-state index in [-0.39, 0.29) is 30.2 Å². The zero-order valence-electron chi connectivity index (χ0n) is 21.1. The molecule has 1 saturated carbocycles. The highest BCUT2D eigenvalue weighted by atomic mass is 19.3. The fraction of sp³-hybridized carbons (Fsp3) is 0.414. The second-order valence-corrected chi connectivity index (χ2v) is 10.3. The maximum atomic E-state index is 14.4. The van der Waals surface area contributed by atoms with Crippen LogP contribution in [0.15, 0.2) is 60.8 Å². The molecule has 0 aliphatic heterocycles. The van der Waals surface area contributed by atoms with Crippen LogP contribution in [0.4, 0.5) is 13.6 Å². The van der Waals surface area contributed by atoms with Gasteiger partial charge in [0.15, 0.2) is 0 Å². The van der Waals surface area contributed by atoms with Crippen molar-refractivity contribution in [1.29, 1.82) is 0 Å². The molecule has 6 nitrogen and oxygen atoms in total. The predicted octanol–water partition coefficient (Wildman–Crippen LogP) is 5.98. The molecule has 0 bridgehead atoms. The summed E-state index contributed by atoms with van der Waals surface area (Å²) in [7, 11) is 0. The fourth-order valence-corrected chi connectivity index (χ4v) is 4.90. The van der Waals surface area contributed by atoms with Gasteiger partial charge >= 0.3 is 6.09 Å². The lowest BCUT2D eigenvalue weighted by Gasteiger charge is -2.34. The standard InChI is InChI=1S/C29H31F2N3O3/c1-19(2)29(30,31)23-10-8-21(9-11-23)27(35)34(24-12-13-24)25-14-15-26-22(16-25)17-33(32-26)28(36)37-18-20-6-4-3-5-7-20/h3-11,17,19,24-25H,12-16,18H2,1-2H3. The van der Waals surface area contributed by atoms with Crippen LogP contribution in [-0.4, -0.2) is 38.8 Å². The lowest BCUT2D eigenvalue weighted by Crippen LogP contribution is -2.44. The van der Waals surface area contributed by atoms with Crippen molar-refractivity contribution in [3.8, 4) is 0 Å². The third-order valence-electron chi connectivity index (χ3n) is 7.25. The maximum Gasteiger partial charge on any atom is 0.435 e. The van der Waals surface area contributed by atoms with Gasteiger partial charge in [-0.2, -0.15) is 9.78 Å². The van der Waals surface area contributed by atoms with Gasteiger partial charge in [-0.15, -0.1) is 0 Å². The Labute approximate surface area is 215 Å². The lowest BCUT2D eigenvalue weighted by atomic mass is 9.91. The van der Waals surface area contributed by atoms with Crippen molar-refractivity contribution in [2.24, 2.45) is 5.92 Å². The smallest absolute Gasteiger partial charge is 0.435 e. The Balaban J connectivity index is 1.28. The molecule has 2 aliphatic carbocycles. The Morgan fingerprint density at radius 3 is 2.41 bits per heavy atom. The molecule has 0 spiro atoms. The topological polar surface area (TPSA) is 64.4 Å². The molecular formula is C29H31F2N3O3. The van der Waals surface area contributed by atoms with Gasteiger partial charge in [-0.3, -0.25) is 4.79 Å². The minimum atomic E-state index is -2.94. The number of halogens is 2. The van der Waals surface area contributed by atoms with Crippen LogP contribution < -0.4 is 0 Å². The van der Waals surface area contributed by atoms with E-state index in [1.54, 1.807) is 6.20 Å². The number of rotatable bonds is 7. The van der Waals surface area contributed by atoms with Crippen LogP contribution >= 0.6 is 0 Å². The minimum Gasteiger partial charge on any atom is -0.443 e. The van der Waals surface area contributed by atoms with Gasteiger partial charge in [0.1, 0.15) is 6.61 Å². The van der Waals surface area contributed by atoms with Crippen LogP contribution in [0.2, 0.25) is 0 Å². The summed E-state index contributed by atoms with van der Waals surface area (Å²) in [4.78, 5) is 28.0. The first-order chi connectivity index (χ1) is 17.7. The van der Waals surface area contributed by atoms with Crippen LogP contribution in [0, 0.1) is 5.92 Å². The summed E-state index contributed by atoms with van der Waals surface area (Å²) in [5.41, 5.74) is 3.01. The summed E-state index contributed by atoms with van der Waals surface area (Å²) in [6.45, 7) is 3.13. The zero-order valence-corrected chi connectivity index (χ0v) is 21.1. The van der Waals surface area contributed by atoms with Crippen LogP contribution in [0.25, 0.3) is 0 Å². The zero-order chi connectivity index (χ0) is 26.2. The average Bonchev–Trinajstić information content (AvgIpc) is 3.64. The molecular weight excluding hydrogens is 476 g/mol. The van der Waals surface area contributed by atoms with Gasteiger partial charge in [0.25, 0.3) is 11.8 Å². The van der Waals surface area contributed by atoms with E-state index in [2.05, 4.69) is 5.10 Å². The van der Waals surface area contributed by atoms with E-state index in [9.17, 15) is 18.4 Å². The van der Waals surface area contributed by atoms with E-state index in [4.69, 9.17) is 4.74 Å².